The maximum atomic E-state index is 13.1. The highest BCUT2D eigenvalue weighted by atomic mass is 19.1. The van der Waals surface area contributed by atoms with Gasteiger partial charge in [0.25, 0.3) is 0 Å². The first kappa shape index (κ1) is 13.4. The molecule has 3 nitrogen and oxygen atoms in total. The molecule has 1 N–H and O–H groups in total. The van der Waals surface area contributed by atoms with E-state index in [0.29, 0.717) is 6.42 Å². The summed E-state index contributed by atoms with van der Waals surface area (Å²) in [5, 5.41) is 9.20. The molecule has 4 heteroatoms. The van der Waals surface area contributed by atoms with Crippen LogP contribution >= 0.6 is 0 Å². The van der Waals surface area contributed by atoms with Crippen LogP contribution in [0.4, 0.5) is 4.39 Å². The smallest absolute Gasteiger partial charge is 0.340 e. The number of carbonyl (C=O) groups is 1. The fraction of sp³-hybridized carbons (Fsp3) is 0.308. The summed E-state index contributed by atoms with van der Waals surface area (Å²) < 4.78 is 18.4. The van der Waals surface area contributed by atoms with Gasteiger partial charge in [-0.2, -0.15) is 0 Å². The molecule has 17 heavy (non-hydrogen) atoms. The molecule has 0 amide bonds. The molecule has 0 aliphatic heterocycles. The first-order chi connectivity index (χ1) is 8.00. The minimum Gasteiger partial charge on any atom is -0.479 e. The Hall–Kier alpha value is -1.68. The second kappa shape index (κ2) is 5.59. The van der Waals surface area contributed by atoms with Crippen LogP contribution in [0.1, 0.15) is 18.9 Å². The van der Waals surface area contributed by atoms with Gasteiger partial charge in [-0.1, -0.05) is 18.2 Å². The average molecular weight is 238 g/mol. The normalized spacial score (nSPS) is 14.0. The fourth-order valence-corrected chi connectivity index (χ4v) is 1.40. The van der Waals surface area contributed by atoms with Crippen molar-refractivity contribution in [3.8, 4) is 0 Å². The van der Waals surface area contributed by atoms with Crippen LogP contribution in [-0.2, 0) is 15.1 Å². The Morgan fingerprint density at radius 1 is 1.65 bits per heavy atom. The van der Waals surface area contributed by atoms with Gasteiger partial charge in [0.1, 0.15) is 5.82 Å². The zero-order chi connectivity index (χ0) is 12.9. The molecule has 0 aliphatic rings. The summed E-state index contributed by atoms with van der Waals surface area (Å²) in [6.07, 6.45) is 2.17. The Morgan fingerprint density at radius 2 is 2.35 bits per heavy atom. The highest BCUT2D eigenvalue weighted by molar-refractivity contribution is 5.78. The maximum Gasteiger partial charge on any atom is 0.340 e. The van der Waals surface area contributed by atoms with Crippen molar-refractivity contribution in [1.29, 1.82) is 0 Å². The van der Waals surface area contributed by atoms with Crippen LogP contribution < -0.4 is 0 Å². The molecule has 0 bridgehead atoms. The summed E-state index contributed by atoms with van der Waals surface area (Å²) in [7, 11) is 0. The number of aliphatic carboxylic acids is 1. The van der Waals surface area contributed by atoms with Gasteiger partial charge in [0, 0.05) is 0 Å². The number of benzene rings is 1. The van der Waals surface area contributed by atoms with E-state index >= 15 is 0 Å². The third-order valence-corrected chi connectivity index (χ3v) is 2.50. The van der Waals surface area contributed by atoms with E-state index in [-0.39, 0.29) is 12.2 Å². The number of ether oxygens (including phenoxy) is 1. The lowest BCUT2D eigenvalue weighted by Gasteiger charge is -2.25. The van der Waals surface area contributed by atoms with E-state index in [1.165, 1.54) is 31.2 Å². The quantitative estimate of drug-likeness (QED) is 0.612. The van der Waals surface area contributed by atoms with Crippen molar-refractivity contribution in [2.45, 2.75) is 18.9 Å². The number of carboxylic acid groups (broad SMARTS) is 1. The zero-order valence-corrected chi connectivity index (χ0v) is 9.65. The van der Waals surface area contributed by atoms with Crippen LogP contribution in [0.2, 0.25) is 0 Å². The summed E-state index contributed by atoms with van der Waals surface area (Å²) in [6, 6.07) is 5.42. The van der Waals surface area contributed by atoms with Gasteiger partial charge in [-0.05, 0) is 31.0 Å². The number of carboxylic acids is 1. The van der Waals surface area contributed by atoms with Crippen LogP contribution in [0, 0.1) is 5.82 Å². The average Bonchev–Trinajstić information content (AvgIpc) is 2.29. The fourth-order valence-electron chi connectivity index (χ4n) is 1.40. The summed E-state index contributed by atoms with van der Waals surface area (Å²) >= 11 is 0. The molecule has 0 fully saturated rings. The largest absolute Gasteiger partial charge is 0.479 e. The Morgan fingerprint density at radius 3 is 2.88 bits per heavy atom. The Labute approximate surface area is 99.5 Å². The van der Waals surface area contributed by atoms with E-state index in [1.807, 2.05) is 0 Å². The summed E-state index contributed by atoms with van der Waals surface area (Å²) in [6.45, 7) is 5.16. The molecular weight excluding hydrogens is 223 g/mol. The maximum absolute atomic E-state index is 13.1. The van der Waals surface area contributed by atoms with E-state index in [1.54, 1.807) is 6.08 Å². The number of rotatable bonds is 6. The Balaban J connectivity index is 2.98. The van der Waals surface area contributed by atoms with Crippen molar-refractivity contribution in [1.82, 2.24) is 0 Å². The van der Waals surface area contributed by atoms with E-state index < -0.39 is 17.4 Å². The van der Waals surface area contributed by atoms with Gasteiger partial charge in [0.2, 0.25) is 0 Å². The Kier molecular flexibility index (Phi) is 4.40. The number of hydrogen-bond donors (Lipinski definition) is 1. The van der Waals surface area contributed by atoms with Crippen molar-refractivity contribution in [3.05, 3.63) is 48.3 Å². The van der Waals surface area contributed by atoms with Gasteiger partial charge in [-0.25, -0.2) is 9.18 Å². The SMILES string of the molecule is C=CCCOC(C)(C(=O)O)c1cccc(F)c1. The van der Waals surface area contributed by atoms with Gasteiger partial charge in [-0.3, -0.25) is 0 Å². The molecule has 0 radical (unpaired) electrons. The second-order valence-corrected chi connectivity index (χ2v) is 3.77. The molecule has 92 valence electrons. The standard InChI is InChI=1S/C13H15FO3/c1-3-4-8-17-13(2,12(15)16)10-6-5-7-11(14)9-10/h3,5-7,9H,1,4,8H2,2H3,(H,15,16). The van der Waals surface area contributed by atoms with Crippen LogP contribution in [0.25, 0.3) is 0 Å². The molecule has 0 saturated carbocycles. The topological polar surface area (TPSA) is 46.5 Å². The van der Waals surface area contributed by atoms with Gasteiger partial charge in [-0.15, -0.1) is 6.58 Å². The molecule has 1 rings (SSSR count). The van der Waals surface area contributed by atoms with Gasteiger partial charge in [0.05, 0.1) is 6.61 Å². The van der Waals surface area contributed by atoms with Crippen LogP contribution in [0.15, 0.2) is 36.9 Å². The zero-order valence-electron chi connectivity index (χ0n) is 9.65. The third-order valence-electron chi connectivity index (χ3n) is 2.50. The molecule has 0 aliphatic carbocycles. The molecule has 1 atom stereocenters. The molecular formula is C13H15FO3. The number of halogens is 1. The molecule has 0 aromatic heterocycles. The van der Waals surface area contributed by atoms with Crippen LogP contribution in [-0.4, -0.2) is 17.7 Å². The monoisotopic (exact) mass is 238 g/mol. The lowest BCUT2D eigenvalue weighted by molar-refractivity contribution is -0.165. The van der Waals surface area contributed by atoms with Crippen molar-refractivity contribution in [2.24, 2.45) is 0 Å². The first-order valence-electron chi connectivity index (χ1n) is 5.25. The molecule has 1 aromatic carbocycles. The minimum atomic E-state index is -1.54. The van der Waals surface area contributed by atoms with Crippen LogP contribution in [0.5, 0.6) is 0 Å². The highest BCUT2D eigenvalue weighted by Crippen LogP contribution is 2.26. The summed E-state index contributed by atoms with van der Waals surface area (Å²) in [4.78, 5) is 11.3. The van der Waals surface area contributed by atoms with Crippen molar-refractivity contribution < 1.29 is 19.0 Å². The lowest BCUT2D eigenvalue weighted by Crippen LogP contribution is -2.36. The minimum absolute atomic E-state index is 0.225. The number of hydrogen-bond acceptors (Lipinski definition) is 2. The van der Waals surface area contributed by atoms with Gasteiger partial charge < -0.3 is 9.84 Å². The molecule has 0 heterocycles. The van der Waals surface area contributed by atoms with E-state index in [9.17, 15) is 14.3 Å². The molecule has 0 spiro atoms. The van der Waals surface area contributed by atoms with E-state index in [4.69, 9.17) is 4.74 Å². The highest BCUT2D eigenvalue weighted by Gasteiger charge is 2.36. The second-order valence-electron chi connectivity index (χ2n) is 3.77. The molecule has 1 aromatic rings. The van der Waals surface area contributed by atoms with Crippen molar-refractivity contribution >= 4 is 5.97 Å². The van der Waals surface area contributed by atoms with Crippen LogP contribution in [0.3, 0.4) is 0 Å². The van der Waals surface area contributed by atoms with E-state index in [0.717, 1.165) is 0 Å². The lowest BCUT2D eigenvalue weighted by atomic mass is 9.96. The van der Waals surface area contributed by atoms with Crippen molar-refractivity contribution in [3.63, 3.8) is 0 Å². The van der Waals surface area contributed by atoms with E-state index in [2.05, 4.69) is 6.58 Å². The van der Waals surface area contributed by atoms with Gasteiger partial charge >= 0.3 is 5.97 Å². The predicted octanol–water partition coefficient (Wildman–Crippen LogP) is 2.72. The third kappa shape index (κ3) is 3.14. The Bertz CT molecular complexity index is 417. The predicted molar refractivity (Wildman–Crippen MR) is 62.2 cm³/mol. The molecule has 0 saturated heterocycles. The molecule has 1 unspecified atom stereocenters. The van der Waals surface area contributed by atoms with Crippen molar-refractivity contribution in [2.75, 3.05) is 6.61 Å². The first-order valence-corrected chi connectivity index (χ1v) is 5.25. The summed E-state index contributed by atoms with van der Waals surface area (Å²) in [5.41, 5.74) is -1.25. The summed E-state index contributed by atoms with van der Waals surface area (Å²) in [5.74, 6) is -1.63. The van der Waals surface area contributed by atoms with Gasteiger partial charge in [0.15, 0.2) is 5.60 Å².